The van der Waals surface area contributed by atoms with Gasteiger partial charge in [0, 0.05) is 11.5 Å². The first kappa shape index (κ1) is 23.4. The Hall–Kier alpha value is -2.27. The Morgan fingerprint density at radius 2 is 2.16 bits per heavy atom. The van der Waals surface area contributed by atoms with Crippen molar-refractivity contribution in [3.63, 3.8) is 0 Å². The number of hydrogen-bond acceptors (Lipinski definition) is 9. The van der Waals surface area contributed by atoms with Gasteiger partial charge in [0.25, 0.3) is 5.91 Å². The number of alkyl halides is 3. The van der Waals surface area contributed by atoms with Gasteiger partial charge in [-0.25, -0.2) is 17.6 Å². The molecule has 1 unspecified atom stereocenters. The molecule has 0 saturated carbocycles. The largest absolute Gasteiger partial charge is 0.477 e. The van der Waals surface area contributed by atoms with Gasteiger partial charge in [0.2, 0.25) is 15.7 Å². The lowest BCUT2D eigenvalue weighted by Gasteiger charge is -2.49. The lowest BCUT2D eigenvalue weighted by atomic mass is 10.0. The predicted molar refractivity (Wildman–Crippen MR) is 102 cm³/mol. The van der Waals surface area contributed by atoms with E-state index in [1.54, 1.807) is 0 Å². The van der Waals surface area contributed by atoms with Gasteiger partial charge in [0.15, 0.2) is 6.67 Å². The Labute approximate surface area is 181 Å². The van der Waals surface area contributed by atoms with E-state index in [4.69, 9.17) is 0 Å². The number of amides is 2. The maximum absolute atomic E-state index is 13.1. The topological polar surface area (TPSA) is 162 Å². The molecule has 1 saturated heterocycles. The number of nitrogens with zero attached hydrogens (tertiary/aromatic N) is 3. The number of carboxylic acids is 1. The minimum absolute atomic E-state index is 0.186. The highest BCUT2D eigenvalue weighted by molar-refractivity contribution is 8.01. The Kier molecular flexibility index (Phi) is 6.56. The number of carbonyl (C=O) groups excluding carboxylic acids is 2. The molecule has 17 heteroatoms. The molecule has 3 rings (SSSR count). The maximum atomic E-state index is 13.1. The fourth-order valence-electron chi connectivity index (χ4n) is 2.79. The quantitative estimate of drug-likeness (QED) is 0.300. The number of halogens is 3. The van der Waals surface area contributed by atoms with Crippen LogP contribution in [0.15, 0.2) is 22.5 Å². The van der Waals surface area contributed by atoms with Crippen LogP contribution in [-0.2, 0) is 24.2 Å². The zero-order valence-corrected chi connectivity index (χ0v) is 17.7. The first-order valence-corrected chi connectivity index (χ1v) is 12.0. The van der Waals surface area contributed by atoms with Crippen molar-refractivity contribution in [1.29, 1.82) is 0 Å². The summed E-state index contributed by atoms with van der Waals surface area (Å²) in [4.78, 5) is 37.0. The van der Waals surface area contributed by atoms with Crippen LogP contribution in [0.4, 0.5) is 13.2 Å². The molecule has 11 nitrogen and oxygen atoms in total. The zero-order valence-electron chi connectivity index (χ0n) is 15.2. The molecule has 0 spiro atoms. The number of nitrogens with one attached hydrogen (secondary N) is 2. The number of H-pyrrole nitrogens is 1. The number of β-lactam (4-membered cyclic amide) rings is 1. The molecule has 0 radical (unpaired) electrons. The van der Waals surface area contributed by atoms with E-state index in [1.807, 2.05) is 5.32 Å². The van der Waals surface area contributed by atoms with E-state index >= 15 is 0 Å². The molecule has 1 fully saturated rings. The molecule has 0 aliphatic carbocycles. The molecular weight excluding hydrogens is 487 g/mol. The van der Waals surface area contributed by atoms with Crippen molar-refractivity contribution >= 4 is 51.1 Å². The SMILES string of the molecule is O=C(CS(=O)(=O)C(F)(F)CF)NC1C(=O)N2C(C(=O)O)=C(CSc3cn[nH]n3)CS[C@@H]12. The molecule has 3 N–H and O–H groups in total. The van der Waals surface area contributed by atoms with E-state index in [0.29, 0.717) is 10.6 Å². The molecule has 2 atom stereocenters. The van der Waals surface area contributed by atoms with Crippen LogP contribution < -0.4 is 5.32 Å². The van der Waals surface area contributed by atoms with Crippen molar-refractivity contribution < 1.29 is 41.1 Å². The first-order valence-electron chi connectivity index (χ1n) is 8.32. The molecule has 3 heterocycles. The van der Waals surface area contributed by atoms with Crippen molar-refractivity contribution in [3.05, 3.63) is 17.5 Å². The summed E-state index contributed by atoms with van der Waals surface area (Å²) in [7, 11) is -5.42. The highest BCUT2D eigenvalue weighted by atomic mass is 32.2. The van der Waals surface area contributed by atoms with Crippen molar-refractivity contribution in [1.82, 2.24) is 25.6 Å². The van der Waals surface area contributed by atoms with E-state index < -0.39 is 56.7 Å². The summed E-state index contributed by atoms with van der Waals surface area (Å²) >= 11 is 2.31. The molecule has 2 aliphatic heterocycles. The number of fused-ring (bicyclic) bond motifs is 1. The molecule has 170 valence electrons. The van der Waals surface area contributed by atoms with Crippen LogP contribution in [0.3, 0.4) is 0 Å². The summed E-state index contributed by atoms with van der Waals surface area (Å²) in [5, 5.41) is 16.4. The van der Waals surface area contributed by atoms with Crippen molar-refractivity contribution in [2.24, 2.45) is 0 Å². The molecule has 0 aromatic carbocycles. The van der Waals surface area contributed by atoms with Crippen LogP contribution in [0, 0.1) is 0 Å². The van der Waals surface area contributed by atoms with Crippen LogP contribution in [0.5, 0.6) is 0 Å². The van der Waals surface area contributed by atoms with Gasteiger partial charge in [-0.3, -0.25) is 14.5 Å². The lowest BCUT2D eigenvalue weighted by Crippen LogP contribution is -2.71. The van der Waals surface area contributed by atoms with Crippen molar-refractivity contribution in [2.75, 3.05) is 23.9 Å². The fourth-order valence-corrected chi connectivity index (χ4v) is 5.87. The van der Waals surface area contributed by atoms with Gasteiger partial charge >= 0.3 is 11.2 Å². The van der Waals surface area contributed by atoms with Crippen molar-refractivity contribution in [2.45, 2.75) is 21.7 Å². The summed E-state index contributed by atoms with van der Waals surface area (Å²) < 4.78 is 61.4. The summed E-state index contributed by atoms with van der Waals surface area (Å²) in [6, 6.07) is -1.30. The minimum Gasteiger partial charge on any atom is -0.477 e. The summed E-state index contributed by atoms with van der Waals surface area (Å²) in [5.41, 5.74) is 0.150. The third-order valence-electron chi connectivity index (χ3n) is 4.29. The molecular formula is C14H14F3N5O6S3. The zero-order chi connectivity index (χ0) is 23.0. The standard InChI is InChI=1S/C14H14F3N5O6S3/c15-5-14(16,17)31(27,28)4-7(23)19-9-11(24)22-10(13(25)26)6(3-30-12(9)22)2-29-8-1-18-21-20-8/h1,9,12H,2-5H2,(H,19,23)(H,25,26)(H,18,20,21)/t9?,12-/m0/s1. The highest BCUT2D eigenvalue weighted by Gasteiger charge is 2.55. The van der Waals surface area contributed by atoms with Gasteiger partial charge in [0.05, 0.1) is 6.20 Å². The number of aromatic amines is 1. The van der Waals surface area contributed by atoms with E-state index in [9.17, 15) is 41.1 Å². The second kappa shape index (κ2) is 8.70. The number of sulfone groups is 1. The number of carbonyl (C=O) groups is 3. The number of thioether (sulfide) groups is 2. The summed E-state index contributed by atoms with van der Waals surface area (Å²) in [5.74, 6) is -4.95. The van der Waals surface area contributed by atoms with Crippen LogP contribution in [0.1, 0.15) is 0 Å². The minimum atomic E-state index is -5.42. The monoisotopic (exact) mass is 501 g/mol. The van der Waals surface area contributed by atoms with Gasteiger partial charge in [-0.15, -0.1) is 16.9 Å². The fraction of sp³-hybridized carbons (Fsp3) is 0.500. The highest BCUT2D eigenvalue weighted by Crippen LogP contribution is 2.41. The molecule has 1 aromatic heterocycles. The second-order valence-corrected chi connectivity index (χ2v) is 10.6. The van der Waals surface area contributed by atoms with E-state index in [0.717, 1.165) is 16.7 Å². The average molecular weight is 501 g/mol. The average Bonchev–Trinajstić information content (AvgIpc) is 3.22. The Morgan fingerprint density at radius 1 is 1.45 bits per heavy atom. The van der Waals surface area contributed by atoms with Crippen LogP contribution in [-0.4, -0.2) is 92.2 Å². The van der Waals surface area contributed by atoms with E-state index in [-0.39, 0.29) is 17.2 Å². The van der Waals surface area contributed by atoms with Crippen molar-refractivity contribution in [3.8, 4) is 0 Å². The van der Waals surface area contributed by atoms with Crippen LogP contribution in [0.2, 0.25) is 0 Å². The molecule has 2 amide bonds. The number of carboxylic acid groups (broad SMARTS) is 1. The van der Waals surface area contributed by atoms with Gasteiger partial charge in [-0.05, 0) is 5.57 Å². The summed E-state index contributed by atoms with van der Waals surface area (Å²) in [6.45, 7) is -2.49. The number of hydrogen-bond donors (Lipinski definition) is 3. The third-order valence-corrected chi connectivity index (χ3v) is 8.27. The molecule has 0 bridgehead atoms. The third kappa shape index (κ3) is 4.52. The van der Waals surface area contributed by atoms with Crippen LogP contribution >= 0.6 is 23.5 Å². The van der Waals surface area contributed by atoms with Crippen LogP contribution in [0.25, 0.3) is 0 Å². The number of aliphatic carboxylic acids is 1. The van der Waals surface area contributed by atoms with E-state index in [2.05, 4.69) is 15.4 Å². The van der Waals surface area contributed by atoms with Gasteiger partial charge < -0.3 is 10.4 Å². The first-order chi connectivity index (χ1) is 14.5. The lowest BCUT2D eigenvalue weighted by molar-refractivity contribution is -0.150. The Morgan fingerprint density at radius 3 is 2.74 bits per heavy atom. The van der Waals surface area contributed by atoms with Gasteiger partial charge in [-0.1, -0.05) is 11.8 Å². The Balaban J connectivity index is 1.69. The van der Waals surface area contributed by atoms with E-state index in [1.165, 1.54) is 18.0 Å². The Bertz CT molecular complexity index is 1030. The predicted octanol–water partition coefficient (Wildman–Crippen LogP) is -0.387. The number of rotatable bonds is 9. The number of aromatic nitrogens is 3. The smallest absolute Gasteiger partial charge is 0.373 e. The molecule has 31 heavy (non-hydrogen) atoms. The van der Waals surface area contributed by atoms with Gasteiger partial charge in [0.1, 0.15) is 27.9 Å². The molecule has 2 aliphatic rings. The summed E-state index contributed by atoms with van der Waals surface area (Å²) in [6.07, 6.45) is 1.44. The molecule has 1 aromatic rings. The normalized spacial score (nSPS) is 21.5. The maximum Gasteiger partial charge on any atom is 0.373 e. The van der Waals surface area contributed by atoms with Gasteiger partial charge in [-0.2, -0.15) is 19.1 Å². The second-order valence-electron chi connectivity index (χ2n) is 6.34.